The van der Waals surface area contributed by atoms with E-state index in [0.29, 0.717) is 31.9 Å². The third-order valence-electron chi connectivity index (χ3n) is 4.12. The van der Waals surface area contributed by atoms with Crippen molar-refractivity contribution in [1.29, 1.82) is 0 Å². The Balaban J connectivity index is 1.80. The van der Waals surface area contributed by atoms with Gasteiger partial charge in [0.25, 0.3) is 0 Å². The molecule has 0 unspecified atom stereocenters. The maximum atomic E-state index is 12.2. The second-order valence-electron chi connectivity index (χ2n) is 6.06. The van der Waals surface area contributed by atoms with Crippen molar-refractivity contribution in [3.8, 4) is 5.75 Å². The first-order valence-electron chi connectivity index (χ1n) is 9.31. The number of hydrogen-bond acceptors (Lipinski definition) is 4. The Labute approximate surface area is 160 Å². The Bertz CT molecular complexity index is 740. The molecule has 2 aromatic rings. The van der Waals surface area contributed by atoms with Gasteiger partial charge in [-0.2, -0.15) is 0 Å². The Kier molecular flexibility index (Phi) is 8.52. The molecule has 0 atom stereocenters. The number of nitrogens with one attached hydrogen (secondary N) is 1. The quantitative estimate of drug-likeness (QED) is 0.610. The summed E-state index contributed by atoms with van der Waals surface area (Å²) in [6.07, 6.45) is 0.347. The van der Waals surface area contributed by atoms with E-state index in [1.807, 2.05) is 38.1 Å². The zero-order chi connectivity index (χ0) is 19.5. The molecule has 0 fully saturated rings. The Morgan fingerprint density at radius 3 is 2.26 bits per heavy atom. The van der Waals surface area contributed by atoms with E-state index in [1.54, 1.807) is 24.3 Å². The maximum Gasteiger partial charge on any atom is 0.220 e. The molecular formula is C22H27NO4. The van der Waals surface area contributed by atoms with E-state index in [1.165, 1.54) is 0 Å². The fourth-order valence-corrected chi connectivity index (χ4v) is 2.64. The lowest BCUT2D eigenvalue weighted by Gasteiger charge is -2.11. The Morgan fingerprint density at radius 2 is 1.59 bits per heavy atom. The van der Waals surface area contributed by atoms with Gasteiger partial charge in [-0.05, 0) is 49.2 Å². The van der Waals surface area contributed by atoms with Gasteiger partial charge >= 0.3 is 0 Å². The number of carbonyl (C=O) groups excluding carboxylic acids is 2. The van der Waals surface area contributed by atoms with Crippen LogP contribution in [0.15, 0.2) is 48.5 Å². The minimum Gasteiger partial charge on any atom is -0.494 e. The highest BCUT2D eigenvalue weighted by atomic mass is 16.5. The molecule has 0 heterocycles. The third kappa shape index (κ3) is 6.87. The van der Waals surface area contributed by atoms with Crippen LogP contribution >= 0.6 is 0 Å². The summed E-state index contributed by atoms with van der Waals surface area (Å²) in [6.45, 7) is 6.05. The summed E-state index contributed by atoms with van der Waals surface area (Å²) in [4.78, 5) is 24.3. The molecule has 2 aromatic carbocycles. The first-order chi connectivity index (χ1) is 13.1. The van der Waals surface area contributed by atoms with Crippen molar-refractivity contribution < 1.29 is 19.1 Å². The highest BCUT2D eigenvalue weighted by Crippen LogP contribution is 2.14. The van der Waals surface area contributed by atoms with Crippen molar-refractivity contribution in [2.24, 2.45) is 0 Å². The van der Waals surface area contributed by atoms with E-state index in [4.69, 9.17) is 9.47 Å². The minimum absolute atomic E-state index is 0.0510. The SMILES string of the molecule is CCOCc1ccccc1CNC(=O)CCC(=O)c1ccc(OCC)cc1. The van der Waals surface area contributed by atoms with Crippen LogP contribution in [0.5, 0.6) is 5.75 Å². The van der Waals surface area contributed by atoms with Crippen LogP contribution in [-0.4, -0.2) is 24.9 Å². The number of rotatable bonds is 11. The largest absolute Gasteiger partial charge is 0.494 e. The van der Waals surface area contributed by atoms with E-state index in [-0.39, 0.29) is 24.5 Å². The summed E-state index contributed by atoms with van der Waals surface area (Å²) in [5, 5.41) is 2.88. The molecule has 5 heteroatoms. The van der Waals surface area contributed by atoms with Crippen LogP contribution in [0.4, 0.5) is 0 Å². The van der Waals surface area contributed by atoms with Gasteiger partial charge in [0.05, 0.1) is 13.2 Å². The molecule has 0 aliphatic rings. The standard InChI is InChI=1S/C22H27NO4/c1-3-26-16-19-8-6-5-7-18(19)15-23-22(25)14-13-21(24)17-9-11-20(12-10-17)27-4-2/h5-12H,3-4,13-16H2,1-2H3,(H,23,25). The molecule has 27 heavy (non-hydrogen) atoms. The maximum absolute atomic E-state index is 12.2. The second-order valence-corrected chi connectivity index (χ2v) is 6.06. The van der Waals surface area contributed by atoms with Gasteiger partial charge in [-0.3, -0.25) is 9.59 Å². The van der Waals surface area contributed by atoms with Crippen molar-refractivity contribution in [3.05, 3.63) is 65.2 Å². The third-order valence-corrected chi connectivity index (χ3v) is 4.12. The topological polar surface area (TPSA) is 64.6 Å². The van der Waals surface area contributed by atoms with E-state index in [0.717, 1.165) is 16.9 Å². The van der Waals surface area contributed by atoms with Gasteiger partial charge in [-0.1, -0.05) is 24.3 Å². The molecule has 2 rings (SSSR count). The Hall–Kier alpha value is -2.66. The lowest BCUT2D eigenvalue weighted by molar-refractivity contribution is -0.121. The summed E-state index contributed by atoms with van der Waals surface area (Å²) >= 11 is 0. The zero-order valence-corrected chi connectivity index (χ0v) is 16.0. The van der Waals surface area contributed by atoms with Crippen molar-refractivity contribution in [2.75, 3.05) is 13.2 Å². The molecule has 0 saturated heterocycles. The number of amides is 1. The van der Waals surface area contributed by atoms with Gasteiger partial charge in [0.2, 0.25) is 5.91 Å². The van der Waals surface area contributed by atoms with E-state index >= 15 is 0 Å². The van der Waals surface area contributed by atoms with Gasteiger partial charge in [-0.25, -0.2) is 0 Å². The van der Waals surface area contributed by atoms with Crippen molar-refractivity contribution in [1.82, 2.24) is 5.32 Å². The summed E-state index contributed by atoms with van der Waals surface area (Å²) < 4.78 is 10.8. The minimum atomic E-state index is -0.138. The molecule has 5 nitrogen and oxygen atoms in total. The summed E-state index contributed by atoms with van der Waals surface area (Å²) in [5.41, 5.74) is 2.68. The second kappa shape index (κ2) is 11.1. The molecule has 1 amide bonds. The molecule has 0 aliphatic heterocycles. The van der Waals surface area contributed by atoms with Crippen molar-refractivity contribution in [3.63, 3.8) is 0 Å². The fraction of sp³-hybridized carbons (Fsp3) is 0.364. The predicted molar refractivity (Wildman–Crippen MR) is 105 cm³/mol. The smallest absolute Gasteiger partial charge is 0.220 e. The van der Waals surface area contributed by atoms with Crippen LogP contribution in [0.25, 0.3) is 0 Å². The number of carbonyl (C=O) groups is 2. The average Bonchev–Trinajstić information content (AvgIpc) is 2.70. The Morgan fingerprint density at radius 1 is 0.889 bits per heavy atom. The van der Waals surface area contributed by atoms with Crippen LogP contribution in [-0.2, 0) is 22.7 Å². The monoisotopic (exact) mass is 369 g/mol. The van der Waals surface area contributed by atoms with Gasteiger partial charge in [0, 0.05) is 31.6 Å². The molecule has 0 spiro atoms. The normalized spacial score (nSPS) is 10.4. The molecule has 0 bridgehead atoms. The molecule has 1 N–H and O–H groups in total. The van der Waals surface area contributed by atoms with E-state index < -0.39 is 0 Å². The van der Waals surface area contributed by atoms with Gasteiger partial charge in [0.15, 0.2) is 5.78 Å². The number of benzene rings is 2. The number of hydrogen-bond donors (Lipinski definition) is 1. The summed E-state index contributed by atoms with van der Waals surface area (Å²) in [5.74, 6) is 0.544. The predicted octanol–water partition coefficient (Wildman–Crippen LogP) is 3.90. The average molecular weight is 369 g/mol. The molecular weight excluding hydrogens is 342 g/mol. The first-order valence-corrected chi connectivity index (χ1v) is 9.31. The number of ketones is 1. The van der Waals surface area contributed by atoms with Gasteiger partial charge in [-0.15, -0.1) is 0 Å². The molecule has 0 aromatic heterocycles. The van der Waals surface area contributed by atoms with Gasteiger partial charge in [0.1, 0.15) is 5.75 Å². The molecule has 0 aliphatic carbocycles. The van der Waals surface area contributed by atoms with Crippen molar-refractivity contribution >= 4 is 11.7 Å². The highest BCUT2D eigenvalue weighted by molar-refractivity contribution is 5.98. The van der Waals surface area contributed by atoms with Crippen LogP contribution in [0.2, 0.25) is 0 Å². The highest BCUT2D eigenvalue weighted by Gasteiger charge is 2.10. The summed E-state index contributed by atoms with van der Waals surface area (Å²) in [6, 6.07) is 14.9. The molecule has 144 valence electrons. The van der Waals surface area contributed by atoms with Crippen molar-refractivity contribution in [2.45, 2.75) is 39.8 Å². The molecule has 0 saturated carbocycles. The van der Waals surface area contributed by atoms with Gasteiger partial charge < -0.3 is 14.8 Å². The fourth-order valence-electron chi connectivity index (χ4n) is 2.64. The number of ether oxygens (including phenoxy) is 2. The van der Waals surface area contributed by atoms with Crippen LogP contribution < -0.4 is 10.1 Å². The summed E-state index contributed by atoms with van der Waals surface area (Å²) in [7, 11) is 0. The van der Waals surface area contributed by atoms with Crippen LogP contribution in [0, 0.1) is 0 Å². The van der Waals surface area contributed by atoms with E-state index in [9.17, 15) is 9.59 Å². The first kappa shape index (κ1) is 20.6. The zero-order valence-electron chi connectivity index (χ0n) is 16.0. The molecule has 0 radical (unpaired) electrons. The van der Waals surface area contributed by atoms with Crippen LogP contribution in [0.1, 0.15) is 48.2 Å². The lowest BCUT2D eigenvalue weighted by atomic mass is 10.1. The van der Waals surface area contributed by atoms with E-state index in [2.05, 4.69) is 5.32 Å². The number of Topliss-reactive ketones (excluding diaryl/α,β-unsaturated/α-hetero) is 1. The lowest BCUT2D eigenvalue weighted by Crippen LogP contribution is -2.24. The van der Waals surface area contributed by atoms with Crippen LogP contribution in [0.3, 0.4) is 0 Å².